The molecule has 0 heteroatoms. The third-order valence-corrected chi connectivity index (χ3v) is 2.98. The first-order valence-electron chi connectivity index (χ1n) is 3.96. The van der Waals surface area contributed by atoms with Crippen LogP contribution in [-0.4, -0.2) is 0 Å². The lowest BCUT2D eigenvalue weighted by Gasteiger charge is -2.38. The van der Waals surface area contributed by atoms with E-state index in [1.165, 1.54) is 32.1 Å². The summed E-state index contributed by atoms with van der Waals surface area (Å²) in [6, 6.07) is 0. The Morgan fingerprint density at radius 2 is 2.00 bits per heavy atom. The molecule has 0 atom stereocenters. The van der Waals surface area contributed by atoms with Crippen LogP contribution in [0.2, 0.25) is 0 Å². The lowest BCUT2D eigenvalue weighted by molar-refractivity contribution is 0.228. The molecule has 2 bridgehead atoms. The molecule has 0 unspecified atom stereocenters. The van der Waals surface area contributed by atoms with Crippen molar-refractivity contribution < 1.29 is 0 Å². The van der Waals surface area contributed by atoms with E-state index in [-0.39, 0.29) is 0 Å². The van der Waals surface area contributed by atoms with Gasteiger partial charge in [-0.05, 0) is 37.5 Å². The van der Waals surface area contributed by atoms with Gasteiger partial charge in [0.2, 0.25) is 0 Å². The summed E-state index contributed by atoms with van der Waals surface area (Å²) in [4.78, 5) is 0. The fourth-order valence-corrected chi connectivity index (χ4v) is 1.97. The molecule has 1 fully saturated rings. The van der Waals surface area contributed by atoms with E-state index in [1.54, 1.807) is 5.57 Å². The number of allylic oxidation sites excluding steroid dienone is 2. The van der Waals surface area contributed by atoms with Crippen LogP contribution in [0, 0.1) is 5.41 Å². The van der Waals surface area contributed by atoms with Gasteiger partial charge in [0.15, 0.2) is 0 Å². The largest absolute Gasteiger partial charge is 0.0848 e. The van der Waals surface area contributed by atoms with Gasteiger partial charge in [0, 0.05) is 0 Å². The first-order valence-corrected chi connectivity index (χ1v) is 3.96. The minimum atomic E-state index is 0.710. The van der Waals surface area contributed by atoms with Crippen LogP contribution >= 0.6 is 0 Å². The topological polar surface area (TPSA) is 0 Å². The van der Waals surface area contributed by atoms with Crippen LogP contribution in [0.4, 0.5) is 0 Å². The standard InChI is InChI=1S/C9H14/c1-9-5-2-8(3-6-9)4-7-9/h2H,3-7H2,1H3. The molecular formula is C9H14. The van der Waals surface area contributed by atoms with Crippen LogP contribution in [0.1, 0.15) is 39.0 Å². The Bertz CT molecular complexity index is 143. The fraction of sp³-hybridized carbons (Fsp3) is 0.778. The van der Waals surface area contributed by atoms with Crippen LogP contribution < -0.4 is 0 Å². The highest BCUT2D eigenvalue weighted by molar-refractivity contribution is 5.14. The monoisotopic (exact) mass is 122 g/mol. The highest BCUT2D eigenvalue weighted by atomic mass is 14.4. The molecule has 0 N–H and O–H groups in total. The van der Waals surface area contributed by atoms with Crippen LogP contribution in [0.3, 0.4) is 0 Å². The molecule has 3 rings (SSSR count). The van der Waals surface area contributed by atoms with E-state index in [2.05, 4.69) is 13.0 Å². The lowest BCUT2D eigenvalue weighted by Crippen LogP contribution is -2.24. The summed E-state index contributed by atoms with van der Waals surface area (Å²) in [6.45, 7) is 2.43. The molecule has 50 valence electrons. The maximum Gasteiger partial charge on any atom is -0.0285 e. The zero-order chi connectivity index (χ0) is 6.32. The molecule has 3 aliphatic rings. The summed E-state index contributed by atoms with van der Waals surface area (Å²) < 4.78 is 0. The molecule has 0 aliphatic heterocycles. The van der Waals surface area contributed by atoms with E-state index in [4.69, 9.17) is 0 Å². The molecule has 0 nitrogen and oxygen atoms in total. The molecule has 0 spiro atoms. The Balaban J connectivity index is 2.27. The highest BCUT2D eigenvalue weighted by Crippen LogP contribution is 2.45. The van der Waals surface area contributed by atoms with Gasteiger partial charge in [0.05, 0.1) is 0 Å². The molecule has 0 amide bonds. The minimum Gasteiger partial charge on any atom is -0.0848 e. The number of hydrogen-bond acceptors (Lipinski definition) is 0. The van der Waals surface area contributed by atoms with E-state index in [0.29, 0.717) is 5.41 Å². The average Bonchev–Trinajstić information content (AvgIpc) is 1.90. The van der Waals surface area contributed by atoms with E-state index in [9.17, 15) is 0 Å². The summed E-state index contributed by atoms with van der Waals surface area (Å²) >= 11 is 0. The predicted octanol–water partition coefficient (Wildman–Crippen LogP) is 2.90. The number of rotatable bonds is 0. The summed E-state index contributed by atoms with van der Waals surface area (Å²) in [6.07, 6.45) is 9.54. The molecule has 0 saturated heterocycles. The van der Waals surface area contributed by atoms with Gasteiger partial charge in [-0.25, -0.2) is 0 Å². The Morgan fingerprint density at radius 1 is 1.33 bits per heavy atom. The number of hydrogen-bond donors (Lipinski definition) is 0. The molecule has 0 heterocycles. The Morgan fingerprint density at radius 3 is 2.22 bits per heavy atom. The smallest absolute Gasteiger partial charge is 0.0285 e. The zero-order valence-corrected chi connectivity index (χ0v) is 6.11. The Hall–Kier alpha value is -0.260. The first-order chi connectivity index (χ1) is 4.29. The summed E-state index contributed by atoms with van der Waals surface area (Å²) in [5.74, 6) is 0. The second-order valence-corrected chi connectivity index (χ2v) is 3.88. The van der Waals surface area contributed by atoms with Gasteiger partial charge in [-0.15, -0.1) is 0 Å². The van der Waals surface area contributed by atoms with Crippen LogP contribution in [0.25, 0.3) is 0 Å². The van der Waals surface area contributed by atoms with Gasteiger partial charge in [0.25, 0.3) is 0 Å². The zero-order valence-electron chi connectivity index (χ0n) is 6.11. The van der Waals surface area contributed by atoms with Crippen LogP contribution in [0.5, 0.6) is 0 Å². The molecule has 9 heavy (non-hydrogen) atoms. The summed E-state index contributed by atoms with van der Waals surface area (Å²) in [5.41, 5.74) is 2.45. The summed E-state index contributed by atoms with van der Waals surface area (Å²) in [7, 11) is 0. The third kappa shape index (κ3) is 0.810. The van der Waals surface area contributed by atoms with Gasteiger partial charge in [-0.3, -0.25) is 0 Å². The first kappa shape index (κ1) is 5.52. The average molecular weight is 122 g/mol. The van der Waals surface area contributed by atoms with Crippen LogP contribution in [-0.2, 0) is 0 Å². The van der Waals surface area contributed by atoms with Crippen molar-refractivity contribution in [3.05, 3.63) is 11.6 Å². The van der Waals surface area contributed by atoms with E-state index < -0.39 is 0 Å². The van der Waals surface area contributed by atoms with E-state index >= 15 is 0 Å². The van der Waals surface area contributed by atoms with Gasteiger partial charge in [-0.2, -0.15) is 0 Å². The van der Waals surface area contributed by atoms with E-state index in [1.807, 2.05) is 0 Å². The molecule has 3 aliphatic carbocycles. The molecule has 1 saturated carbocycles. The van der Waals surface area contributed by atoms with E-state index in [0.717, 1.165) is 0 Å². The Kier molecular flexibility index (Phi) is 0.992. The highest BCUT2D eigenvalue weighted by Gasteiger charge is 2.31. The second kappa shape index (κ2) is 1.62. The molecule has 0 aromatic heterocycles. The molecule has 0 radical (unpaired) electrons. The van der Waals surface area contributed by atoms with Crippen molar-refractivity contribution in [3.8, 4) is 0 Å². The van der Waals surface area contributed by atoms with Gasteiger partial charge >= 0.3 is 0 Å². The van der Waals surface area contributed by atoms with Gasteiger partial charge < -0.3 is 0 Å². The normalized spacial score (nSPS) is 30.1. The maximum atomic E-state index is 2.47. The maximum absolute atomic E-state index is 2.47. The minimum absolute atomic E-state index is 0.710. The van der Waals surface area contributed by atoms with Crippen molar-refractivity contribution in [2.24, 2.45) is 5.41 Å². The predicted molar refractivity (Wildman–Crippen MR) is 39.3 cm³/mol. The van der Waals surface area contributed by atoms with Crippen molar-refractivity contribution in [2.75, 3.05) is 0 Å². The quantitative estimate of drug-likeness (QED) is 0.433. The molecule has 0 aromatic carbocycles. The van der Waals surface area contributed by atoms with Gasteiger partial charge in [0.1, 0.15) is 0 Å². The summed E-state index contributed by atoms with van der Waals surface area (Å²) in [5, 5.41) is 0. The van der Waals surface area contributed by atoms with Crippen molar-refractivity contribution in [3.63, 3.8) is 0 Å². The van der Waals surface area contributed by atoms with Crippen molar-refractivity contribution in [1.29, 1.82) is 0 Å². The van der Waals surface area contributed by atoms with Crippen molar-refractivity contribution in [2.45, 2.75) is 39.0 Å². The van der Waals surface area contributed by atoms with Crippen molar-refractivity contribution in [1.82, 2.24) is 0 Å². The second-order valence-electron chi connectivity index (χ2n) is 3.88. The number of fused-ring (bicyclic) bond motifs is 3. The fourth-order valence-electron chi connectivity index (χ4n) is 1.97. The SMILES string of the molecule is CC12CC=C(CC1)CC2. The van der Waals surface area contributed by atoms with Crippen LogP contribution in [0.15, 0.2) is 11.6 Å². The molecular weight excluding hydrogens is 108 g/mol. The van der Waals surface area contributed by atoms with Crippen molar-refractivity contribution >= 4 is 0 Å². The lowest BCUT2D eigenvalue weighted by atomic mass is 9.67. The molecule has 0 aromatic rings. The third-order valence-electron chi connectivity index (χ3n) is 2.98. The Labute approximate surface area is 57.0 Å². The van der Waals surface area contributed by atoms with Gasteiger partial charge in [-0.1, -0.05) is 18.6 Å².